The number of anilines is 1. The smallest absolute Gasteiger partial charge is 0.311 e. The highest BCUT2D eigenvalue weighted by atomic mass is 19.3. The van der Waals surface area contributed by atoms with Crippen LogP contribution in [0.25, 0.3) is 0 Å². The highest BCUT2D eigenvalue weighted by Gasteiger charge is 2.57. The topological polar surface area (TPSA) is 172 Å². The molecule has 1 aliphatic rings. The molecule has 1 aliphatic heterocycles. The summed E-state index contributed by atoms with van der Waals surface area (Å²) in [5.74, 6) is -6.36. The molecule has 1 aromatic heterocycles. The monoisotopic (exact) mass is 471 g/mol. The first-order chi connectivity index (χ1) is 15.4. The molecule has 180 valence electrons. The number of halogens is 3. The summed E-state index contributed by atoms with van der Waals surface area (Å²) in [4.78, 5) is 23.8. The number of aliphatic imine (C=N–C) groups is 2. The molecule has 0 spiro atoms. The molecule has 33 heavy (non-hydrogen) atoms. The zero-order valence-electron chi connectivity index (χ0n) is 17.9. The minimum absolute atomic E-state index is 0.0888. The molecule has 1 atom stereocenters. The Balaban J connectivity index is 2.28. The van der Waals surface area contributed by atoms with Crippen molar-refractivity contribution >= 4 is 24.0 Å². The predicted molar refractivity (Wildman–Crippen MR) is 114 cm³/mol. The summed E-state index contributed by atoms with van der Waals surface area (Å²) >= 11 is 0. The fourth-order valence-corrected chi connectivity index (χ4v) is 2.59. The number of carbonyl (C=O) groups excluding carboxylic acids is 1. The summed E-state index contributed by atoms with van der Waals surface area (Å²) in [6, 6.07) is 1.33. The van der Waals surface area contributed by atoms with Crippen LogP contribution in [0.1, 0.15) is 12.6 Å². The molecule has 0 saturated heterocycles. The molecular formula is C19H24F3N7O4. The molecular weight excluding hydrogens is 447 g/mol. The van der Waals surface area contributed by atoms with Crippen molar-refractivity contribution in [1.29, 1.82) is 0 Å². The van der Waals surface area contributed by atoms with Gasteiger partial charge in [0.2, 0.25) is 0 Å². The molecule has 11 nitrogen and oxygen atoms in total. The van der Waals surface area contributed by atoms with E-state index in [-0.39, 0.29) is 18.2 Å². The lowest BCUT2D eigenvalue weighted by atomic mass is 9.89. The van der Waals surface area contributed by atoms with Gasteiger partial charge in [-0.3, -0.25) is 4.79 Å². The third kappa shape index (κ3) is 5.91. The minimum Gasteiger partial charge on any atom is -0.490 e. The zero-order valence-corrected chi connectivity index (χ0v) is 17.9. The van der Waals surface area contributed by atoms with E-state index >= 15 is 0 Å². The molecule has 0 bridgehead atoms. The molecule has 0 aliphatic carbocycles. The number of carbonyl (C=O) groups is 1. The van der Waals surface area contributed by atoms with Gasteiger partial charge < -0.3 is 36.7 Å². The lowest BCUT2D eigenvalue weighted by Gasteiger charge is -2.36. The van der Waals surface area contributed by atoms with E-state index in [9.17, 15) is 18.0 Å². The quantitative estimate of drug-likeness (QED) is 0.176. The number of pyridine rings is 1. The second-order valence-corrected chi connectivity index (χ2v) is 6.87. The molecule has 14 heteroatoms. The van der Waals surface area contributed by atoms with E-state index in [1.807, 2.05) is 0 Å². The van der Waals surface area contributed by atoms with Crippen molar-refractivity contribution in [3.8, 4) is 0 Å². The average Bonchev–Trinajstić information content (AvgIpc) is 2.72. The number of nitrogens with two attached hydrogens (primary N) is 3. The van der Waals surface area contributed by atoms with Crippen LogP contribution in [0.4, 0.5) is 19.0 Å². The molecule has 0 unspecified atom stereocenters. The number of hydrogen-bond acceptors (Lipinski definition) is 10. The first-order valence-electron chi connectivity index (χ1n) is 9.35. The predicted octanol–water partition coefficient (Wildman–Crippen LogP) is 0.689. The summed E-state index contributed by atoms with van der Waals surface area (Å²) in [6.45, 7) is 3.89. The van der Waals surface area contributed by atoms with Crippen LogP contribution in [0.15, 0.2) is 46.0 Å². The Hall–Kier alpha value is -3.81. The van der Waals surface area contributed by atoms with Crippen molar-refractivity contribution in [1.82, 2.24) is 4.98 Å². The Morgan fingerprint density at radius 2 is 2.09 bits per heavy atom. The first-order valence-corrected chi connectivity index (χ1v) is 9.35. The Morgan fingerprint density at radius 1 is 1.39 bits per heavy atom. The maximum Gasteiger partial charge on any atom is 0.311 e. The van der Waals surface area contributed by atoms with E-state index in [0.717, 1.165) is 25.3 Å². The number of rotatable bonds is 9. The minimum atomic E-state index is -3.65. The normalized spacial score (nSPS) is 19.4. The van der Waals surface area contributed by atoms with E-state index < -0.39 is 53.0 Å². The Morgan fingerprint density at radius 3 is 2.73 bits per heavy atom. The molecule has 2 heterocycles. The summed E-state index contributed by atoms with van der Waals surface area (Å²) in [7, 11) is 1.49. The molecule has 0 aromatic carbocycles. The third-order valence-corrected chi connectivity index (χ3v) is 4.40. The van der Waals surface area contributed by atoms with E-state index in [1.54, 1.807) is 0 Å². The molecule has 7 N–H and O–H groups in total. The fraction of sp³-hybridized carbons (Fsp3) is 0.368. The van der Waals surface area contributed by atoms with Gasteiger partial charge in [-0.2, -0.15) is 8.78 Å². The Labute approximate surface area is 187 Å². The van der Waals surface area contributed by atoms with E-state index in [0.29, 0.717) is 6.61 Å². The SMILES string of the molecule is C=C(C=NC(C(=O)Nc1ccc(F)c([C@@]2(C)N=C(N)OCC2(F)F)n1)=C(N)N)OCCOC. The summed E-state index contributed by atoms with van der Waals surface area (Å²) in [5, 5.41) is 2.27. The van der Waals surface area contributed by atoms with Crippen LogP contribution in [-0.4, -0.2) is 56.0 Å². The van der Waals surface area contributed by atoms with Crippen molar-refractivity contribution in [2.75, 3.05) is 32.2 Å². The zero-order chi connectivity index (χ0) is 24.8. The molecule has 1 aromatic rings. The van der Waals surface area contributed by atoms with Gasteiger partial charge in [0.1, 0.15) is 35.5 Å². The van der Waals surface area contributed by atoms with Crippen LogP contribution in [0.2, 0.25) is 0 Å². The summed E-state index contributed by atoms with van der Waals surface area (Å²) < 4.78 is 58.1. The fourth-order valence-electron chi connectivity index (χ4n) is 2.59. The average molecular weight is 471 g/mol. The van der Waals surface area contributed by atoms with Crippen LogP contribution >= 0.6 is 0 Å². The number of ether oxygens (including phenoxy) is 3. The second kappa shape index (κ2) is 10.2. The van der Waals surface area contributed by atoms with Crippen molar-refractivity contribution in [2.24, 2.45) is 27.2 Å². The van der Waals surface area contributed by atoms with Gasteiger partial charge in [0, 0.05) is 7.11 Å². The summed E-state index contributed by atoms with van der Waals surface area (Å²) in [5.41, 5.74) is 12.7. The standard InChI is InChI=1S/C19H24F3N7O4/c1-10(32-7-6-31-3)8-26-13(15(23)24)16(30)28-12-5-4-11(20)14(27-12)18(2)19(21,22)9-33-17(25)29-18/h4-5,8H,1,6-7,9,23-24H2,2-3H3,(H2,25,29)(H,27,28,30)/t18-/m1/s1. The largest absolute Gasteiger partial charge is 0.490 e. The van der Waals surface area contributed by atoms with Gasteiger partial charge >= 0.3 is 5.92 Å². The van der Waals surface area contributed by atoms with E-state index in [1.165, 1.54) is 7.11 Å². The number of alkyl halides is 2. The van der Waals surface area contributed by atoms with Gasteiger partial charge in [0.05, 0.1) is 12.8 Å². The van der Waals surface area contributed by atoms with Crippen molar-refractivity contribution in [3.63, 3.8) is 0 Å². The highest BCUT2D eigenvalue weighted by Crippen LogP contribution is 2.43. The van der Waals surface area contributed by atoms with Gasteiger partial charge in [0.15, 0.2) is 17.8 Å². The van der Waals surface area contributed by atoms with Gasteiger partial charge in [-0.1, -0.05) is 6.58 Å². The maximum atomic E-state index is 14.5. The van der Waals surface area contributed by atoms with Crippen molar-refractivity contribution < 1.29 is 32.2 Å². The molecule has 1 amide bonds. The molecule has 0 radical (unpaired) electrons. The lowest BCUT2D eigenvalue weighted by molar-refractivity contribution is -0.118. The maximum absolute atomic E-state index is 14.5. The Kier molecular flexibility index (Phi) is 7.87. The Bertz CT molecular complexity index is 1010. The number of nitrogens with zero attached hydrogens (tertiary/aromatic N) is 3. The van der Waals surface area contributed by atoms with E-state index in [2.05, 4.69) is 31.6 Å². The molecule has 2 rings (SSSR count). The van der Waals surface area contributed by atoms with Crippen LogP contribution in [0.5, 0.6) is 0 Å². The number of aromatic nitrogens is 1. The van der Waals surface area contributed by atoms with Crippen LogP contribution in [-0.2, 0) is 24.5 Å². The van der Waals surface area contributed by atoms with Crippen LogP contribution in [0, 0.1) is 5.82 Å². The van der Waals surface area contributed by atoms with Gasteiger partial charge in [-0.05, 0) is 19.1 Å². The third-order valence-electron chi connectivity index (χ3n) is 4.40. The number of methoxy groups -OCH3 is 1. The number of nitrogens with one attached hydrogen (secondary N) is 1. The van der Waals surface area contributed by atoms with Crippen LogP contribution in [0.3, 0.4) is 0 Å². The number of amidine groups is 1. The molecule has 0 saturated carbocycles. The van der Waals surface area contributed by atoms with E-state index in [4.69, 9.17) is 26.7 Å². The number of allylic oxidation sites excluding steroid dienone is 1. The van der Waals surface area contributed by atoms with Gasteiger partial charge in [-0.15, -0.1) is 0 Å². The number of hydrogen-bond donors (Lipinski definition) is 4. The lowest BCUT2D eigenvalue weighted by Crippen LogP contribution is -2.51. The van der Waals surface area contributed by atoms with Crippen molar-refractivity contribution in [2.45, 2.75) is 18.4 Å². The number of amides is 1. The first kappa shape index (κ1) is 25.5. The summed E-state index contributed by atoms with van der Waals surface area (Å²) in [6.07, 6.45) is 1.09. The molecule has 0 fully saturated rings. The van der Waals surface area contributed by atoms with Gasteiger partial charge in [-0.25, -0.2) is 19.4 Å². The van der Waals surface area contributed by atoms with Gasteiger partial charge in [0.25, 0.3) is 11.9 Å². The van der Waals surface area contributed by atoms with Crippen LogP contribution < -0.4 is 22.5 Å². The van der Waals surface area contributed by atoms with Crippen molar-refractivity contribution in [3.05, 3.63) is 47.5 Å². The highest BCUT2D eigenvalue weighted by molar-refractivity contribution is 6.04. The second-order valence-electron chi connectivity index (χ2n) is 6.87.